The summed E-state index contributed by atoms with van der Waals surface area (Å²) in [6, 6.07) is 5.20. The van der Waals surface area contributed by atoms with Crippen molar-refractivity contribution < 1.29 is 4.52 Å². The molecule has 4 nitrogen and oxygen atoms in total. The minimum Gasteiger partial charge on any atom is -0.339 e. The van der Waals surface area contributed by atoms with Crippen LogP contribution in [0.15, 0.2) is 22.7 Å². The van der Waals surface area contributed by atoms with E-state index in [2.05, 4.69) is 10.1 Å². The zero-order valence-corrected chi connectivity index (χ0v) is 13.1. The fourth-order valence-corrected chi connectivity index (χ4v) is 3.39. The van der Waals surface area contributed by atoms with E-state index in [4.69, 9.17) is 33.5 Å². The van der Waals surface area contributed by atoms with Gasteiger partial charge >= 0.3 is 0 Å². The first-order chi connectivity index (χ1) is 10.0. The second-order valence-corrected chi connectivity index (χ2v) is 6.64. The Morgan fingerprint density at radius 1 is 1.10 bits per heavy atom. The van der Waals surface area contributed by atoms with Crippen LogP contribution in [0.25, 0.3) is 11.4 Å². The number of nitrogens with zero attached hydrogens (tertiary/aromatic N) is 2. The van der Waals surface area contributed by atoms with Crippen LogP contribution in [0, 0.1) is 0 Å². The lowest BCUT2D eigenvalue weighted by atomic mass is 9.80. The van der Waals surface area contributed by atoms with E-state index in [-0.39, 0.29) is 5.54 Å². The van der Waals surface area contributed by atoms with Crippen LogP contribution in [0.5, 0.6) is 0 Å². The fourth-order valence-electron chi connectivity index (χ4n) is 2.86. The van der Waals surface area contributed by atoms with Crippen molar-refractivity contribution in [1.82, 2.24) is 10.1 Å². The molecule has 21 heavy (non-hydrogen) atoms. The predicted molar refractivity (Wildman–Crippen MR) is 83.5 cm³/mol. The molecule has 1 aliphatic carbocycles. The molecule has 0 saturated heterocycles. The molecule has 2 N–H and O–H groups in total. The summed E-state index contributed by atoms with van der Waals surface area (Å²) in [5.74, 6) is 1.07. The van der Waals surface area contributed by atoms with Gasteiger partial charge in [0.1, 0.15) is 0 Å². The van der Waals surface area contributed by atoms with E-state index in [9.17, 15) is 0 Å². The lowest BCUT2D eigenvalue weighted by Crippen LogP contribution is -2.43. The molecule has 1 fully saturated rings. The van der Waals surface area contributed by atoms with Crippen LogP contribution in [0.1, 0.15) is 38.0 Å². The number of benzene rings is 1. The van der Waals surface area contributed by atoms with Crippen LogP contribution in [0.4, 0.5) is 0 Å². The maximum atomic E-state index is 6.42. The average molecular weight is 326 g/mol. The number of hydrogen-bond donors (Lipinski definition) is 1. The summed E-state index contributed by atoms with van der Waals surface area (Å²) >= 11 is 12.0. The topological polar surface area (TPSA) is 64.9 Å². The highest BCUT2D eigenvalue weighted by Gasteiger charge is 2.30. The van der Waals surface area contributed by atoms with Crippen molar-refractivity contribution in [2.45, 2.75) is 44.1 Å². The Labute approximate surface area is 133 Å². The molecule has 1 aliphatic rings. The molecule has 2 aromatic rings. The van der Waals surface area contributed by atoms with Crippen molar-refractivity contribution in [1.29, 1.82) is 0 Å². The van der Waals surface area contributed by atoms with Gasteiger partial charge in [0, 0.05) is 27.6 Å². The third-order valence-corrected chi connectivity index (χ3v) is 4.38. The Morgan fingerprint density at radius 2 is 1.76 bits per heavy atom. The van der Waals surface area contributed by atoms with Gasteiger partial charge in [0.25, 0.3) is 0 Å². The van der Waals surface area contributed by atoms with E-state index >= 15 is 0 Å². The van der Waals surface area contributed by atoms with E-state index in [1.54, 1.807) is 18.2 Å². The number of hydrogen-bond acceptors (Lipinski definition) is 4. The Bertz CT molecular complexity index is 615. The van der Waals surface area contributed by atoms with Crippen LogP contribution in [-0.4, -0.2) is 15.7 Å². The molecule has 112 valence electrons. The minimum atomic E-state index is -0.214. The standard InChI is InChI=1S/C15H17Cl2N3O/c16-11-6-10(7-12(17)8-11)14-19-13(21-20-14)9-15(18)4-2-1-3-5-15/h6-8H,1-5,9,18H2. The molecule has 3 rings (SSSR count). The minimum absolute atomic E-state index is 0.214. The average Bonchev–Trinajstić information content (AvgIpc) is 2.86. The molecule has 6 heteroatoms. The second kappa shape index (κ2) is 5.95. The first-order valence-electron chi connectivity index (χ1n) is 7.12. The molecule has 0 radical (unpaired) electrons. The maximum absolute atomic E-state index is 6.42. The first kappa shape index (κ1) is 14.8. The monoisotopic (exact) mass is 325 g/mol. The molecular weight excluding hydrogens is 309 g/mol. The van der Waals surface area contributed by atoms with Crippen LogP contribution >= 0.6 is 23.2 Å². The van der Waals surface area contributed by atoms with Crippen LogP contribution in [0.3, 0.4) is 0 Å². The molecule has 0 spiro atoms. The van der Waals surface area contributed by atoms with E-state index in [0.29, 0.717) is 28.2 Å². The molecule has 0 aliphatic heterocycles. The lowest BCUT2D eigenvalue weighted by molar-refractivity contribution is 0.261. The zero-order valence-electron chi connectivity index (χ0n) is 11.6. The number of nitrogens with two attached hydrogens (primary N) is 1. The van der Waals surface area contributed by atoms with E-state index < -0.39 is 0 Å². The summed E-state index contributed by atoms with van der Waals surface area (Å²) < 4.78 is 5.34. The number of halogens is 2. The highest BCUT2D eigenvalue weighted by molar-refractivity contribution is 6.35. The van der Waals surface area contributed by atoms with Crippen molar-refractivity contribution in [2.75, 3.05) is 0 Å². The van der Waals surface area contributed by atoms with Crippen molar-refractivity contribution in [2.24, 2.45) is 5.73 Å². The molecule has 0 amide bonds. The SMILES string of the molecule is NC1(Cc2nc(-c3cc(Cl)cc(Cl)c3)no2)CCCCC1. The van der Waals surface area contributed by atoms with Crippen molar-refractivity contribution in [3.8, 4) is 11.4 Å². The van der Waals surface area contributed by atoms with Gasteiger partial charge in [-0.2, -0.15) is 4.98 Å². The Balaban J connectivity index is 1.79. The second-order valence-electron chi connectivity index (χ2n) is 5.77. The molecule has 1 heterocycles. The summed E-state index contributed by atoms with van der Waals surface area (Å²) in [7, 11) is 0. The van der Waals surface area contributed by atoms with Gasteiger partial charge < -0.3 is 10.3 Å². The lowest BCUT2D eigenvalue weighted by Gasteiger charge is -2.31. The molecule has 1 saturated carbocycles. The van der Waals surface area contributed by atoms with E-state index in [1.807, 2.05) is 0 Å². The zero-order chi connectivity index (χ0) is 14.9. The third kappa shape index (κ3) is 3.57. The highest BCUT2D eigenvalue weighted by atomic mass is 35.5. The van der Waals surface area contributed by atoms with Crippen molar-refractivity contribution >= 4 is 23.2 Å². The predicted octanol–water partition coefficient (Wildman–Crippen LogP) is 4.25. The van der Waals surface area contributed by atoms with Crippen LogP contribution < -0.4 is 5.73 Å². The normalized spacial score (nSPS) is 17.9. The van der Waals surface area contributed by atoms with Gasteiger partial charge in [-0.3, -0.25) is 0 Å². The Hall–Kier alpha value is -1.10. The smallest absolute Gasteiger partial charge is 0.228 e. The highest BCUT2D eigenvalue weighted by Crippen LogP contribution is 2.30. The van der Waals surface area contributed by atoms with Crippen molar-refractivity contribution in [3.05, 3.63) is 34.1 Å². The van der Waals surface area contributed by atoms with E-state index in [0.717, 1.165) is 18.4 Å². The van der Waals surface area contributed by atoms with Gasteiger partial charge in [-0.25, -0.2) is 0 Å². The fraction of sp³-hybridized carbons (Fsp3) is 0.467. The summed E-state index contributed by atoms with van der Waals surface area (Å²) in [6.07, 6.45) is 6.23. The number of rotatable bonds is 3. The largest absolute Gasteiger partial charge is 0.339 e. The number of aromatic nitrogens is 2. The van der Waals surface area contributed by atoms with Gasteiger partial charge in [-0.15, -0.1) is 0 Å². The third-order valence-electron chi connectivity index (χ3n) is 3.94. The van der Waals surface area contributed by atoms with Gasteiger partial charge in [0.05, 0.1) is 0 Å². The molecule has 1 aromatic heterocycles. The maximum Gasteiger partial charge on any atom is 0.228 e. The molecular formula is C15H17Cl2N3O. The summed E-state index contributed by atoms with van der Waals surface area (Å²) in [5, 5.41) is 5.10. The molecule has 1 aromatic carbocycles. The summed E-state index contributed by atoms with van der Waals surface area (Å²) in [4.78, 5) is 4.43. The molecule has 0 bridgehead atoms. The Kier molecular flexibility index (Phi) is 4.20. The summed E-state index contributed by atoms with van der Waals surface area (Å²) in [6.45, 7) is 0. The van der Waals surface area contributed by atoms with E-state index in [1.165, 1.54) is 19.3 Å². The quantitative estimate of drug-likeness (QED) is 0.916. The van der Waals surface area contributed by atoms with Gasteiger partial charge in [-0.05, 0) is 31.0 Å². The van der Waals surface area contributed by atoms with Crippen LogP contribution in [-0.2, 0) is 6.42 Å². The molecule has 0 atom stereocenters. The summed E-state index contributed by atoms with van der Waals surface area (Å²) in [5.41, 5.74) is 6.95. The van der Waals surface area contributed by atoms with Crippen LogP contribution in [0.2, 0.25) is 10.0 Å². The van der Waals surface area contributed by atoms with Gasteiger partial charge in [0.15, 0.2) is 0 Å². The van der Waals surface area contributed by atoms with Gasteiger partial charge in [0.2, 0.25) is 11.7 Å². The Morgan fingerprint density at radius 3 is 2.43 bits per heavy atom. The molecule has 0 unspecified atom stereocenters. The first-order valence-corrected chi connectivity index (χ1v) is 7.88. The van der Waals surface area contributed by atoms with Gasteiger partial charge in [-0.1, -0.05) is 47.6 Å². The van der Waals surface area contributed by atoms with Crippen molar-refractivity contribution in [3.63, 3.8) is 0 Å².